The summed E-state index contributed by atoms with van der Waals surface area (Å²) in [5.41, 5.74) is 6.87. The first-order valence-corrected chi connectivity index (χ1v) is 7.32. The van der Waals surface area contributed by atoms with Crippen molar-refractivity contribution in [3.05, 3.63) is 26.5 Å². The van der Waals surface area contributed by atoms with Gasteiger partial charge in [0.1, 0.15) is 4.34 Å². The van der Waals surface area contributed by atoms with Gasteiger partial charge in [0, 0.05) is 19.0 Å². The van der Waals surface area contributed by atoms with Crippen molar-refractivity contribution in [1.29, 1.82) is 0 Å². The zero-order valence-electron chi connectivity index (χ0n) is 10.3. The van der Waals surface area contributed by atoms with Gasteiger partial charge in [0.15, 0.2) is 5.78 Å². The molecule has 0 aliphatic rings. The van der Waals surface area contributed by atoms with E-state index in [0.29, 0.717) is 33.6 Å². The highest BCUT2D eigenvalue weighted by molar-refractivity contribution is 7.18. The summed E-state index contributed by atoms with van der Waals surface area (Å²) in [4.78, 5) is 12.6. The summed E-state index contributed by atoms with van der Waals surface area (Å²) in [5.74, 6) is 0.0573. The molecule has 0 unspecified atom stereocenters. The molecule has 2 rings (SSSR count). The molecule has 2 N–H and O–H groups in total. The van der Waals surface area contributed by atoms with Gasteiger partial charge < -0.3 is 5.73 Å². The van der Waals surface area contributed by atoms with Gasteiger partial charge in [-0.25, -0.2) is 0 Å². The van der Waals surface area contributed by atoms with Gasteiger partial charge in [-0.15, -0.1) is 11.3 Å². The van der Waals surface area contributed by atoms with Crippen molar-refractivity contribution in [3.63, 3.8) is 0 Å². The van der Waals surface area contributed by atoms with Gasteiger partial charge >= 0.3 is 0 Å². The van der Waals surface area contributed by atoms with E-state index in [1.54, 1.807) is 24.0 Å². The number of aryl methyl sites for hydroxylation is 1. The van der Waals surface area contributed by atoms with Crippen LogP contribution in [0.2, 0.25) is 9.36 Å². The molecule has 0 fully saturated rings. The number of rotatable bonds is 5. The number of ketones is 1. The molecule has 2 heterocycles. The second kappa shape index (κ2) is 6.05. The third-order valence-electron chi connectivity index (χ3n) is 2.72. The Morgan fingerprint density at radius 1 is 1.53 bits per heavy atom. The standard InChI is InChI=1S/C12H13Cl2N3OS/c1-17-11(8(13)6-16-17)7-5-10(19-12(7)14)9(18)3-2-4-15/h5-6H,2-4,15H2,1H3. The fraction of sp³-hybridized carbons (Fsp3) is 0.333. The van der Waals surface area contributed by atoms with Crippen LogP contribution < -0.4 is 5.73 Å². The van der Waals surface area contributed by atoms with Crippen molar-refractivity contribution in [2.24, 2.45) is 12.8 Å². The molecule has 7 heteroatoms. The minimum absolute atomic E-state index is 0.0573. The molecule has 0 saturated carbocycles. The maximum absolute atomic E-state index is 11.9. The quantitative estimate of drug-likeness (QED) is 0.860. The molecule has 102 valence electrons. The van der Waals surface area contributed by atoms with Crippen LogP contribution >= 0.6 is 34.5 Å². The van der Waals surface area contributed by atoms with E-state index in [0.717, 1.165) is 11.3 Å². The molecule has 0 bridgehead atoms. The van der Waals surface area contributed by atoms with E-state index in [4.69, 9.17) is 28.9 Å². The number of aromatic nitrogens is 2. The van der Waals surface area contributed by atoms with Crippen LogP contribution in [-0.2, 0) is 7.05 Å². The van der Waals surface area contributed by atoms with Gasteiger partial charge in [-0.3, -0.25) is 9.48 Å². The van der Waals surface area contributed by atoms with E-state index < -0.39 is 0 Å². The van der Waals surface area contributed by atoms with Crippen LogP contribution in [0.3, 0.4) is 0 Å². The molecular weight excluding hydrogens is 305 g/mol. The Labute approximate surface area is 125 Å². The van der Waals surface area contributed by atoms with Crippen LogP contribution in [0.15, 0.2) is 12.3 Å². The van der Waals surface area contributed by atoms with Crippen LogP contribution in [-0.4, -0.2) is 22.1 Å². The number of thiophene rings is 1. The molecule has 0 atom stereocenters. The van der Waals surface area contributed by atoms with E-state index in [1.807, 2.05) is 0 Å². The average Bonchev–Trinajstić information content (AvgIpc) is 2.90. The first-order valence-electron chi connectivity index (χ1n) is 5.75. The summed E-state index contributed by atoms with van der Waals surface area (Å²) >= 11 is 13.5. The van der Waals surface area contributed by atoms with E-state index in [-0.39, 0.29) is 5.78 Å². The smallest absolute Gasteiger partial charge is 0.172 e. The Bertz CT molecular complexity index is 587. The first kappa shape index (κ1) is 14.5. The lowest BCUT2D eigenvalue weighted by Crippen LogP contribution is -2.03. The summed E-state index contributed by atoms with van der Waals surface area (Å²) in [6, 6.07) is 1.77. The van der Waals surface area contributed by atoms with Gasteiger partial charge in [0.25, 0.3) is 0 Å². The molecule has 0 aliphatic heterocycles. The molecule has 0 aromatic carbocycles. The fourth-order valence-corrected chi connectivity index (χ4v) is 3.28. The molecule has 19 heavy (non-hydrogen) atoms. The van der Waals surface area contributed by atoms with Gasteiger partial charge in [0.05, 0.1) is 21.8 Å². The molecule has 0 amide bonds. The van der Waals surface area contributed by atoms with Crippen LogP contribution in [0.25, 0.3) is 11.3 Å². The van der Waals surface area contributed by atoms with Crippen molar-refractivity contribution < 1.29 is 4.79 Å². The zero-order chi connectivity index (χ0) is 14.0. The Kier molecular flexibility index (Phi) is 4.62. The molecule has 2 aromatic rings. The second-order valence-corrected chi connectivity index (χ2v) is 6.14. The minimum atomic E-state index is 0.0573. The summed E-state index contributed by atoms with van der Waals surface area (Å²) in [6.45, 7) is 0.505. The number of nitrogens with two attached hydrogens (primary N) is 1. The van der Waals surface area contributed by atoms with Gasteiger partial charge in [-0.2, -0.15) is 5.10 Å². The van der Waals surface area contributed by atoms with Crippen LogP contribution in [0.4, 0.5) is 0 Å². The van der Waals surface area contributed by atoms with Crippen molar-refractivity contribution in [3.8, 4) is 11.3 Å². The van der Waals surface area contributed by atoms with Crippen molar-refractivity contribution in [2.45, 2.75) is 12.8 Å². The number of carbonyl (C=O) groups is 1. The molecule has 4 nitrogen and oxygen atoms in total. The van der Waals surface area contributed by atoms with E-state index in [2.05, 4.69) is 5.10 Å². The average molecular weight is 318 g/mol. The number of carbonyl (C=O) groups excluding carboxylic acids is 1. The number of nitrogens with zero attached hydrogens (tertiary/aromatic N) is 2. The maximum Gasteiger partial charge on any atom is 0.172 e. The van der Waals surface area contributed by atoms with E-state index in [9.17, 15) is 4.79 Å². The van der Waals surface area contributed by atoms with E-state index >= 15 is 0 Å². The Hall–Kier alpha value is -0.880. The second-order valence-electron chi connectivity index (χ2n) is 4.08. The Morgan fingerprint density at radius 2 is 2.26 bits per heavy atom. The third kappa shape index (κ3) is 3.00. The summed E-state index contributed by atoms with van der Waals surface area (Å²) in [5, 5.41) is 4.58. The van der Waals surface area contributed by atoms with Crippen LogP contribution in [0, 0.1) is 0 Å². The summed E-state index contributed by atoms with van der Waals surface area (Å²) in [7, 11) is 1.78. The zero-order valence-corrected chi connectivity index (χ0v) is 12.6. The topological polar surface area (TPSA) is 60.9 Å². The van der Waals surface area contributed by atoms with Crippen molar-refractivity contribution in [1.82, 2.24) is 9.78 Å². The Morgan fingerprint density at radius 3 is 2.84 bits per heavy atom. The lowest BCUT2D eigenvalue weighted by atomic mass is 10.1. The number of Topliss-reactive ketones (excluding diaryl/α,β-unsaturated/α-hetero) is 1. The summed E-state index contributed by atoms with van der Waals surface area (Å²) in [6.07, 6.45) is 2.67. The van der Waals surface area contributed by atoms with Crippen molar-refractivity contribution >= 4 is 40.3 Å². The molecule has 0 saturated heterocycles. The lowest BCUT2D eigenvalue weighted by molar-refractivity contribution is 0.0984. The van der Waals surface area contributed by atoms with Crippen LogP contribution in [0.1, 0.15) is 22.5 Å². The largest absolute Gasteiger partial charge is 0.330 e. The number of halogens is 2. The SMILES string of the molecule is Cn1ncc(Cl)c1-c1cc(C(=O)CCCN)sc1Cl. The Balaban J connectivity index is 2.34. The molecule has 0 aliphatic carbocycles. The molecule has 0 radical (unpaired) electrons. The third-order valence-corrected chi connectivity index (χ3v) is 4.39. The van der Waals surface area contributed by atoms with Gasteiger partial charge in [-0.05, 0) is 19.0 Å². The molecular formula is C12H13Cl2N3OS. The highest BCUT2D eigenvalue weighted by Gasteiger charge is 2.18. The van der Waals surface area contributed by atoms with E-state index in [1.165, 1.54) is 11.3 Å². The first-order chi connectivity index (χ1) is 9.04. The minimum Gasteiger partial charge on any atom is -0.330 e. The monoisotopic (exact) mass is 317 g/mol. The highest BCUT2D eigenvalue weighted by Crippen LogP contribution is 2.39. The van der Waals surface area contributed by atoms with Gasteiger partial charge in [0.2, 0.25) is 0 Å². The maximum atomic E-state index is 11.9. The number of hydrogen-bond acceptors (Lipinski definition) is 4. The highest BCUT2D eigenvalue weighted by atomic mass is 35.5. The molecule has 2 aromatic heterocycles. The molecule has 0 spiro atoms. The fourth-order valence-electron chi connectivity index (χ4n) is 1.77. The predicted octanol–water partition coefficient (Wildman–Crippen LogP) is 3.38. The number of hydrogen-bond donors (Lipinski definition) is 1. The van der Waals surface area contributed by atoms with Crippen molar-refractivity contribution in [2.75, 3.05) is 6.54 Å². The predicted molar refractivity (Wildman–Crippen MR) is 79.2 cm³/mol. The van der Waals surface area contributed by atoms with Crippen LogP contribution in [0.5, 0.6) is 0 Å². The normalized spacial score (nSPS) is 10.9. The lowest BCUT2D eigenvalue weighted by Gasteiger charge is -2.00. The summed E-state index contributed by atoms with van der Waals surface area (Å²) < 4.78 is 2.19. The van der Waals surface area contributed by atoms with Gasteiger partial charge in [-0.1, -0.05) is 23.2 Å².